The van der Waals surface area contributed by atoms with E-state index in [1.54, 1.807) is 19.4 Å². The monoisotopic (exact) mass is 249 g/mol. The maximum absolute atomic E-state index is 12.0. The number of rotatable bonds is 2. The lowest BCUT2D eigenvalue weighted by Gasteiger charge is -2.38. The number of anilines is 1. The van der Waals surface area contributed by atoms with Crippen LogP contribution in [0.15, 0.2) is 17.2 Å². The Bertz CT molecular complexity index is 513. The summed E-state index contributed by atoms with van der Waals surface area (Å²) in [7, 11) is 1.72. The quantitative estimate of drug-likeness (QED) is 0.583. The van der Waals surface area contributed by atoms with E-state index in [1.165, 1.54) is 4.57 Å². The van der Waals surface area contributed by atoms with Gasteiger partial charge in [0.1, 0.15) is 0 Å². The van der Waals surface area contributed by atoms with Crippen LogP contribution in [0, 0.1) is 10.8 Å². The molecule has 0 saturated carbocycles. The van der Waals surface area contributed by atoms with Gasteiger partial charge in [0.05, 0.1) is 5.84 Å². The molecule has 3 N–H and O–H groups in total. The standard InChI is InChI=1S/C12H19N5O/c1-12(11(13)14)3-6-17(7-4-12)9-10(18)16(2)8-5-15-9/h5,8H,3-4,6-7H2,1-2H3,(H3,13,14). The fourth-order valence-electron chi connectivity index (χ4n) is 2.18. The highest BCUT2D eigenvalue weighted by Gasteiger charge is 2.33. The van der Waals surface area contributed by atoms with E-state index >= 15 is 0 Å². The van der Waals surface area contributed by atoms with Gasteiger partial charge in [0, 0.05) is 37.9 Å². The summed E-state index contributed by atoms with van der Waals surface area (Å²) in [4.78, 5) is 18.1. The van der Waals surface area contributed by atoms with Crippen LogP contribution in [0.1, 0.15) is 19.8 Å². The van der Waals surface area contributed by atoms with Crippen LogP contribution in [0.2, 0.25) is 0 Å². The third-order valence-corrected chi connectivity index (χ3v) is 3.82. The van der Waals surface area contributed by atoms with Crippen molar-refractivity contribution in [1.29, 1.82) is 5.41 Å². The first-order valence-corrected chi connectivity index (χ1v) is 6.05. The molecule has 1 aromatic heterocycles. The van der Waals surface area contributed by atoms with Crippen LogP contribution in [0.4, 0.5) is 5.82 Å². The Morgan fingerprint density at radius 2 is 2.11 bits per heavy atom. The molecule has 0 bridgehead atoms. The van der Waals surface area contributed by atoms with Gasteiger partial charge in [-0.2, -0.15) is 0 Å². The van der Waals surface area contributed by atoms with Gasteiger partial charge in [-0.15, -0.1) is 0 Å². The Kier molecular flexibility index (Phi) is 3.11. The molecule has 0 unspecified atom stereocenters. The Balaban J connectivity index is 2.18. The van der Waals surface area contributed by atoms with E-state index in [1.807, 2.05) is 11.8 Å². The number of aryl methyl sites for hydroxylation is 1. The van der Waals surface area contributed by atoms with Crippen molar-refractivity contribution in [2.24, 2.45) is 18.2 Å². The summed E-state index contributed by atoms with van der Waals surface area (Å²) in [5.74, 6) is 0.724. The van der Waals surface area contributed by atoms with E-state index in [4.69, 9.17) is 11.1 Å². The second-order valence-electron chi connectivity index (χ2n) is 5.13. The molecule has 0 atom stereocenters. The Hall–Kier alpha value is -1.85. The molecule has 0 aromatic carbocycles. The van der Waals surface area contributed by atoms with Crippen molar-refractivity contribution in [3.05, 3.63) is 22.7 Å². The highest BCUT2D eigenvalue weighted by atomic mass is 16.1. The smallest absolute Gasteiger partial charge is 0.293 e. The minimum atomic E-state index is -0.240. The molecule has 18 heavy (non-hydrogen) atoms. The molecule has 98 valence electrons. The molecule has 0 amide bonds. The fourth-order valence-corrected chi connectivity index (χ4v) is 2.18. The van der Waals surface area contributed by atoms with Gasteiger partial charge in [-0.05, 0) is 12.8 Å². The van der Waals surface area contributed by atoms with Crippen molar-refractivity contribution < 1.29 is 0 Å². The third-order valence-electron chi connectivity index (χ3n) is 3.82. The molecular formula is C12H19N5O. The number of amidine groups is 1. The second-order valence-corrected chi connectivity index (χ2v) is 5.13. The van der Waals surface area contributed by atoms with Crippen molar-refractivity contribution in [3.8, 4) is 0 Å². The predicted octanol–water partition coefficient (Wildman–Crippen LogP) is 0.323. The molecule has 6 heteroatoms. The van der Waals surface area contributed by atoms with E-state index in [2.05, 4.69) is 4.98 Å². The van der Waals surface area contributed by atoms with Gasteiger partial charge in [-0.3, -0.25) is 10.2 Å². The van der Waals surface area contributed by atoms with Crippen molar-refractivity contribution in [3.63, 3.8) is 0 Å². The second kappa shape index (κ2) is 4.44. The number of nitrogens with two attached hydrogens (primary N) is 1. The van der Waals surface area contributed by atoms with E-state index in [0.717, 1.165) is 12.8 Å². The van der Waals surface area contributed by atoms with Gasteiger partial charge in [0.25, 0.3) is 5.56 Å². The molecule has 1 aliphatic rings. The van der Waals surface area contributed by atoms with E-state index in [0.29, 0.717) is 18.9 Å². The van der Waals surface area contributed by atoms with Gasteiger partial charge in [0.2, 0.25) is 0 Å². The van der Waals surface area contributed by atoms with Gasteiger partial charge in [0.15, 0.2) is 5.82 Å². The Labute approximate surface area is 106 Å². The van der Waals surface area contributed by atoms with Crippen LogP contribution in [0.5, 0.6) is 0 Å². The summed E-state index contributed by atoms with van der Waals surface area (Å²) >= 11 is 0. The molecular weight excluding hydrogens is 230 g/mol. The summed E-state index contributed by atoms with van der Waals surface area (Å²) in [6, 6.07) is 0. The normalized spacial score (nSPS) is 18.7. The van der Waals surface area contributed by atoms with Crippen molar-refractivity contribution >= 4 is 11.7 Å². The van der Waals surface area contributed by atoms with Crippen molar-refractivity contribution in [2.75, 3.05) is 18.0 Å². The largest absolute Gasteiger partial charge is 0.387 e. The van der Waals surface area contributed by atoms with E-state index in [9.17, 15) is 4.79 Å². The maximum atomic E-state index is 12.0. The highest BCUT2D eigenvalue weighted by Crippen LogP contribution is 2.31. The zero-order valence-electron chi connectivity index (χ0n) is 10.8. The molecule has 0 radical (unpaired) electrons. The van der Waals surface area contributed by atoms with Crippen LogP contribution < -0.4 is 16.2 Å². The summed E-state index contributed by atoms with van der Waals surface area (Å²) < 4.78 is 1.53. The summed E-state index contributed by atoms with van der Waals surface area (Å²) in [6.45, 7) is 3.42. The topological polar surface area (TPSA) is 88.0 Å². The molecule has 0 aliphatic carbocycles. The molecule has 1 saturated heterocycles. The summed E-state index contributed by atoms with van der Waals surface area (Å²) in [6.07, 6.45) is 4.84. The summed E-state index contributed by atoms with van der Waals surface area (Å²) in [5.41, 5.74) is 5.30. The van der Waals surface area contributed by atoms with E-state index < -0.39 is 0 Å². The van der Waals surface area contributed by atoms with Gasteiger partial charge in [-0.25, -0.2) is 4.98 Å². The average Bonchev–Trinajstić information content (AvgIpc) is 2.34. The number of nitrogens with one attached hydrogen (secondary N) is 1. The summed E-state index contributed by atoms with van der Waals surface area (Å²) in [5, 5.41) is 7.61. The first-order chi connectivity index (χ1) is 8.44. The molecule has 1 fully saturated rings. The van der Waals surface area contributed by atoms with Crippen LogP contribution >= 0.6 is 0 Å². The minimum Gasteiger partial charge on any atom is -0.387 e. The average molecular weight is 249 g/mol. The van der Waals surface area contributed by atoms with Crippen LogP contribution in [0.3, 0.4) is 0 Å². The highest BCUT2D eigenvalue weighted by molar-refractivity contribution is 5.83. The van der Waals surface area contributed by atoms with Gasteiger partial charge < -0.3 is 15.2 Å². The Morgan fingerprint density at radius 3 is 2.67 bits per heavy atom. The van der Waals surface area contributed by atoms with Crippen LogP contribution in [-0.2, 0) is 7.05 Å². The number of aromatic nitrogens is 2. The SMILES string of the molecule is Cn1ccnc(N2CCC(C)(C(=N)N)CC2)c1=O. The van der Waals surface area contributed by atoms with Gasteiger partial charge >= 0.3 is 0 Å². The number of hydrogen-bond acceptors (Lipinski definition) is 4. The fraction of sp³-hybridized carbons (Fsp3) is 0.583. The third kappa shape index (κ3) is 2.10. The molecule has 2 rings (SSSR count). The van der Waals surface area contributed by atoms with Crippen LogP contribution in [-0.4, -0.2) is 28.5 Å². The van der Waals surface area contributed by atoms with Crippen LogP contribution in [0.25, 0.3) is 0 Å². The first-order valence-electron chi connectivity index (χ1n) is 6.05. The van der Waals surface area contributed by atoms with E-state index in [-0.39, 0.29) is 16.8 Å². The first kappa shape index (κ1) is 12.6. The zero-order valence-corrected chi connectivity index (χ0v) is 10.8. The number of hydrogen-bond donors (Lipinski definition) is 2. The lowest BCUT2D eigenvalue weighted by atomic mass is 9.79. The van der Waals surface area contributed by atoms with Crippen molar-refractivity contribution in [1.82, 2.24) is 9.55 Å². The lowest BCUT2D eigenvalue weighted by Crippen LogP contribution is -2.47. The number of nitrogens with zero attached hydrogens (tertiary/aromatic N) is 3. The van der Waals surface area contributed by atoms with Gasteiger partial charge in [-0.1, -0.05) is 6.92 Å². The molecule has 0 spiro atoms. The minimum absolute atomic E-state index is 0.0797. The lowest BCUT2D eigenvalue weighted by molar-refractivity contribution is 0.349. The molecule has 1 aromatic rings. The predicted molar refractivity (Wildman–Crippen MR) is 70.9 cm³/mol. The molecule has 2 heterocycles. The maximum Gasteiger partial charge on any atom is 0.293 e. The number of piperidine rings is 1. The molecule has 6 nitrogen and oxygen atoms in total. The van der Waals surface area contributed by atoms with Crippen molar-refractivity contribution in [2.45, 2.75) is 19.8 Å². The Morgan fingerprint density at radius 1 is 1.50 bits per heavy atom. The molecule has 1 aliphatic heterocycles. The zero-order chi connectivity index (χ0) is 13.3.